The van der Waals surface area contributed by atoms with E-state index in [9.17, 15) is 9.59 Å². The number of hydrogen-bond acceptors (Lipinski definition) is 4. The van der Waals surface area contributed by atoms with Crippen LogP contribution >= 0.6 is 0 Å². The van der Waals surface area contributed by atoms with Crippen molar-refractivity contribution >= 4 is 23.3 Å². The third-order valence-electron chi connectivity index (χ3n) is 3.05. The van der Waals surface area contributed by atoms with Gasteiger partial charge in [-0.25, -0.2) is 9.59 Å². The zero-order valence-corrected chi connectivity index (χ0v) is 9.88. The Bertz CT molecular complexity index is 501. The van der Waals surface area contributed by atoms with Crippen molar-refractivity contribution in [3.8, 4) is 0 Å². The molecule has 6 nitrogen and oxygen atoms in total. The molecular formula is C12H14N2O4. The van der Waals surface area contributed by atoms with Crippen LogP contribution in [-0.2, 0) is 4.79 Å². The summed E-state index contributed by atoms with van der Waals surface area (Å²) < 4.78 is 0. The maximum atomic E-state index is 11.0. The average Bonchev–Trinajstić information content (AvgIpc) is 2.36. The van der Waals surface area contributed by atoms with Crippen LogP contribution in [0, 0.1) is 0 Å². The van der Waals surface area contributed by atoms with Gasteiger partial charge in [-0.1, -0.05) is 0 Å². The monoisotopic (exact) mass is 250 g/mol. The maximum absolute atomic E-state index is 11.0. The number of fused-ring (bicyclic) bond motifs is 1. The molecule has 1 unspecified atom stereocenters. The molecule has 96 valence electrons. The normalized spacial score (nSPS) is 15.5. The Morgan fingerprint density at radius 3 is 2.72 bits per heavy atom. The zero-order chi connectivity index (χ0) is 13.3. The van der Waals surface area contributed by atoms with Gasteiger partial charge in [0.25, 0.3) is 0 Å². The molecule has 1 aromatic carbocycles. The third-order valence-corrected chi connectivity index (χ3v) is 3.05. The molecule has 2 rings (SSSR count). The maximum Gasteiger partial charge on any atom is 0.335 e. The Morgan fingerprint density at radius 2 is 2.11 bits per heavy atom. The van der Waals surface area contributed by atoms with Crippen LogP contribution in [0.5, 0.6) is 0 Å². The summed E-state index contributed by atoms with van der Waals surface area (Å²) in [6.45, 7) is 2.76. The standard InChI is InChI=1S/C12H14N2O4/c1-7(11(15)16)14-5-4-13-9-3-2-8(12(17)18)6-10(9)14/h2-3,6-7,13H,4-5H2,1H3,(H,15,16)(H,17,18). The van der Waals surface area contributed by atoms with Gasteiger partial charge in [0, 0.05) is 13.1 Å². The Hall–Kier alpha value is -2.24. The van der Waals surface area contributed by atoms with E-state index in [1.807, 2.05) is 0 Å². The molecule has 0 fully saturated rings. The first-order chi connectivity index (χ1) is 8.50. The van der Waals surface area contributed by atoms with E-state index in [0.717, 1.165) is 5.69 Å². The minimum absolute atomic E-state index is 0.153. The number of nitrogens with one attached hydrogen (secondary N) is 1. The molecule has 1 atom stereocenters. The highest BCUT2D eigenvalue weighted by atomic mass is 16.4. The summed E-state index contributed by atoms with van der Waals surface area (Å²) in [7, 11) is 0. The minimum Gasteiger partial charge on any atom is -0.480 e. The first kappa shape index (κ1) is 12.2. The van der Waals surface area contributed by atoms with E-state index in [1.54, 1.807) is 17.9 Å². The minimum atomic E-state index is -1.02. The number of aliphatic carboxylic acids is 1. The number of carbonyl (C=O) groups is 2. The first-order valence-electron chi connectivity index (χ1n) is 5.61. The predicted octanol–water partition coefficient (Wildman–Crippen LogP) is 1.09. The molecular weight excluding hydrogens is 236 g/mol. The SMILES string of the molecule is CC(C(=O)O)N1CCNc2ccc(C(=O)O)cc21. The molecule has 1 aliphatic rings. The molecule has 1 aromatic rings. The molecule has 0 aliphatic carbocycles. The van der Waals surface area contributed by atoms with Gasteiger partial charge in [0.15, 0.2) is 0 Å². The number of hydrogen-bond donors (Lipinski definition) is 3. The van der Waals surface area contributed by atoms with Crippen molar-refractivity contribution < 1.29 is 19.8 Å². The van der Waals surface area contributed by atoms with Crippen molar-refractivity contribution in [2.24, 2.45) is 0 Å². The molecule has 0 aromatic heterocycles. The largest absolute Gasteiger partial charge is 0.480 e. The van der Waals surface area contributed by atoms with Crippen molar-refractivity contribution in [2.75, 3.05) is 23.3 Å². The van der Waals surface area contributed by atoms with Crippen molar-refractivity contribution in [2.45, 2.75) is 13.0 Å². The van der Waals surface area contributed by atoms with Gasteiger partial charge in [0.05, 0.1) is 16.9 Å². The second-order valence-electron chi connectivity index (χ2n) is 4.17. The lowest BCUT2D eigenvalue weighted by atomic mass is 10.1. The van der Waals surface area contributed by atoms with Crippen LogP contribution < -0.4 is 10.2 Å². The first-order valence-corrected chi connectivity index (χ1v) is 5.61. The van der Waals surface area contributed by atoms with Crippen LogP contribution in [0.15, 0.2) is 18.2 Å². The second kappa shape index (κ2) is 4.56. The quantitative estimate of drug-likeness (QED) is 0.744. The lowest BCUT2D eigenvalue weighted by molar-refractivity contribution is -0.138. The molecule has 0 bridgehead atoms. The molecule has 1 aliphatic heterocycles. The Labute approximate surface area is 104 Å². The number of anilines is 2. The molecule has 0 saturated carbocycles. The summed E-state index contributed by atoms with van der Waals surface area (Å²) in [5.41, 5.74) is 1.54. The second-order valence-corrected chi connectivity index (χ2v) is 4.17. The van der Waals surface area contributed by atoms with Crippen molar-refractivity contribution in [1.82, 2.24) is 0 Å². The smallest absolute Gasteiger partial charge is 0.335 e. The van der Waals surface area contributed by atoms with Crippen molar-refractivity contribution in [3.63, 3.8) is 0 Å². The highest BCUT2D eigenvalue weighted by Crippen LogP contribution is 2.31. The van der Waals surface area contributed by atoms with E-state index in [0.29, 0.717) is 18.8 Å². The van der Waals surface area contributed by atoms with Crippen LogP contribution in [0.25, 0.3) is 0 Å². The van der Waals surface area contributed by atoms with Crippen LogP contribution in [0.4, 0.5) is 11.4 Å². The van der Waals surface area contributed by atoms with Gasteiger partial charge in [0.2, 0.25) is 0 Å². The summed E-state index contributed by atoms with van der Waals surface area (Å²) in [6.07, 6.45) is 0. The molecule has 6 heteroatoms. The number of carboxylic acids is 2. The number of benzene rings is 1. The fourth-order valence-corrected chi connectivity index (χ4v) is 2.02. The molecule has 0 saturated heterocycles. The summed E-state index contributed by atoms with van der Waals surface area (Å²) in [4.78, 5) is 23.7. The van der Waals surface area contributed by atoms with E-state index in [4.69, 9.17) is 10.2 Å². The highest BCUT2D eigenvalue weighted by molar-refractivity contribution is 5.92. The summed E-state index contributed by atoms with van der Waals surface area (Å²) in [5.74, 6) is -1.95. The molecule has 0 spiro atoms. The number of nitrogens with zero attached hydrogens (tertiary/aromatic N) is 1. The summed E-state index contributed by atoms with van der Waals surface area (Å²) >= 11 is 0. The fraction of sp³-hybridized carbons (Fsp3) is 0.333. The van der Waals surface area contributed by atoms with E-state index < -0.39 is 18.0 Å². The highest BCUT2D eigenvalue weighted by Gasteiger charge is 2.26. The van der Waals surface area contributed by atoms with E-state index >= 15 is 0 Å². The lowest BCUT2D eigenvalue weighted by Gasteiger charge is -2.34. The molecule has 1 heterocycles. The molecule has 18 heavy (non-hydrogen) atoms. The summed E-state index contributed by atoms with van der Waals surface area (Å²) in [5, 5.41) is 21.2. The van der Waals surface area contributed by atoms with Crippen LogP contribution in [0.2, 0.25) is 0 Å². The van der Waals surface area contributed by atoms with E-state index in [2.05, 4.69) is 5.32 Å². The van der Waals surface area contributed by atoms with Crippen LogP contribution in [0.3, 0.4) is 0 Å². The number of aromatic carboxylic acids is 1. The van der Waals surface area contributed by atoms with Gasteiger partial charge in [0.1, 0.15) is 6.04 Å². The summed E-state index contributed by atoms with van der Waals surface area (Å²) in [6, 6.07) is 3.99. The van der Waals surface area contributed by atoms with Crippen LogP contribution in [-0.4, -0.2) is 41.3 Å². The Kier molecular flexibility index (Phi) is 3.10. The van der Waals surface area contributed by atoms with E-state index in [-0.39, 0.29) is 5.56 Å². The van der Waals surface area contributed by atoms with E-state index in [1.165, 1.54) is 12.1 Å². The van der Waals surface area contributed by atoms with Gasteiger partial charge in [-0.05, 0) is 25.1 Å². The average molecular weight is 250 g/mol. The number of rotatable bonds is 3. The van der Waals surface area contributed by atoms with Gasteiger partial charge in [-0.15, -0.1) is 0 Å². The van der Waals surface area contributed by atoms with Crippen molar-refractivity contribution in [1.29, 1.82) is 0 Å². The topological polar surface area (TPSA) is 89.9 Å². The van der Waals surface area contributed by atoms with Gasteiger partial charge < -0.3 is 20.4 Å². The zero-order valence-electron chi connectivity index (χ0n) is 9.88. The molecule has 3 N–H and O–H groups in total. The molecule has 0 radical (unpaired) electrons. The Balaban J connectivity index is 2.43. The van der Waals surface area contributed by atoms with Gasteiger partial charge in [-0.3, -0.25) is 0 Å². The van der Waals surface area contributed by atoms with Crippen molar-refractivity contribution in [3.05, 3.63) is 23.8 Å². The van der Waals surface area contributed by atoms with Gasteiger partial charge >= 0.3 is 11.9 Å². The lowest BCUT2D eigenvalue weighted by Crippen LogP contribution is -2.44. The fourth-order valence-electron chi connectivity index (χ4n) is 2.02. The third kappa shape index (κ3) is 2.09. The number of carboxylic acid groups (broad SMARTS) is 2. The van der Waals surface area contributed by atoms with Gasteiger partial charge in [-0.2, -0.15) is 0 Å². The predicted molar refractivity (Wildman–Crippen MR) is 66.3 cm³/mol. The van der Waals surface area contributed by atoms with Crippen LogP contribution in [0.1, 0.15) is 17.3 Å². The Morgan fingerprint density at radius 1 is 1.39 bits per heavy atom. The molecule has 0 amide bonds.